The van der Waals surface area contributed by atoms with Crippen molar-refractivity contribution < 1.29 is 0 Å². The number of nitrogen functional groups attached to an aromatic ring is 1. The van der Waals surface area contributed by atoms with Gasteiger partial charge in [-0.05, 0) is 18.6 Å². The zero-order valence-electron chi connectivity index (χ0n) is 11.6. The summed E-state index contributed by atoms with van der Waals surface area (Å²) in [7, 11) is 0. The summed E-state index contributed by atoms with van der Waals surface area (Å²) in [6, 6.07) is 7.98. The zero-order valence-corrected chi connectivity index (χ0v) is 12.4. The van der Waals surface area contributed by atoms with Crippen molar-refractivity contribution in [3.05, 3.63) is 30.6 Å². The van der Waals surface area contributed by atoms with Crippen molar-refractivity contribution in [2.24, 2.45) is 0 Å². The molecule has 0 saturated carbocycles. The van der Waals surface area contributed by atoms with Crippen LogP contribution >= 0.6 is 11.3 Å². The van der Waals surface area contributed by atoms with Crippen molar-refractivity contribution in [3.63, 3.8) is 0 Å². The highest BCUT2D eigenvalue weighted by Gasteiger charge is 2.10. The number of para-hydroxylation sites is 1. The molecule has 6 nitrogen and oxygen atoms in total. The van der Waals surface area contributed by atoms with E-state index in [2.05, 4.69) is 32.5 Å². The molecule has 2 heterocycles. The first-order chi connectivity index (χ1) is 10.3. The lowest BCUT2D eigenvalue weighted by Gasteiger charge is -2.10. The Bertz CT molecular complexity index is 721. The molecule has 0 bridgehead atoms. The standard InChI is InChI=1S/C14H16N6S/c1-2-7-16-12-11(15)13(18-8-17-12)20-14-19-9-5-3-4-6-10(9)21-14/h3-6,8H,2,7,15H2,1H3,(H2,16,17,18,19,20). The number of nitrogens with zero attached hydrogens (tertiary/aromatic N) is 3. The Labute approximate surface area is 126 Å². The van der Waals surface area contributed by atoms with Gasteiger partial charge in [0.05, 0.1) is 10.2 Å². The maximum Gasteiger partial charge on any atom is 0.189 e. The molecule has 1 aromatic carbocycles. The molecule has 0 radical (unpaired) electrons. The Kier molecular flexibility index (Phi) is 3.83. The van der Waals surface area contributed by atoms with Crippen molar-refractivity contribution in [1.29, 1.82) is 0 Å². The molecule has 108 valence electrons. The van der Waals surface area contributed by atoms with E-state index in [4.69, 9.17) is 5.73 Å². The number of fused-ring (bicyclic) bond motifs is 1. The SMILES string of the molecule is CCCNc1ncnc(Nc2nc3ccccc3s2)c1N. The Balaban J connectivity index is 1.87. The smallest absolute Gasteiger partial charge is 0.189 e. The van der Waals surface area contributed by atoms with Crippen molar-refractivity contribution in [1.82, 2.24) is 15.0 Å². The second-order valence-electron chi connectivity index (χ2n) is 4.52. The molecule has 0 aliphatic heterocycles. The third-order valence-electron chi connectivity index (χ3n) is 2.95. The fraction of sp³-hybridized carbons (Fsp3) is 0.214. The minimum Gasteiger partial charge on any atom is -0.393 e. The lowest BCUT2D eigenvalue weighted by molar-refractivity contribution is 0.966. The first-order valence-corrected chi connectivity index (χ1v) is 7.56. The Hall–Kier alpha value is -2.41. The molecule has 7 heteroatoms. The number of hydrogen-bond donors (Lipinski definition) is 3. The molecule has 0 fully saturated rings. The first-order valence-electron chi connectivity index (χ1n) is 6.75. The van der Waals surface area contributed by atoms with E-state index in [0.29, 0.717) is 17.3 Å². The van der Waals surface area contributed by atoms with Gasteiger partial charge in [-0.15, -0.1) is 0 Å². The Morgan fingerprint density at radius 3 is 2.81 bits per heavy atom. The highest BCUT2D eigenvalue weighted by Crippen LogP contribution is 2.30. The number of aromatic nitrogens is 3. The average Bonchev–Trinajstić information content (AvgIpc) is 2.90. The van der Waals surface area contributed by atoms with E-state index in [1.807, 2.05) is 24.3 Å². The lowest BCUT2D eigenvalue weighted by atomic mass is 10.3. The molecule has 0 spiro atoms. The molecule has 4 N–H and O–H groups in total. The summed E-state index contributed by atoms with van der Waals surface area (Å²) in [5.41, 5.74) is 7.56. The van der Waals surface area contributed by atoms with Gasteiger partial charge in [0.15, 0.2) is 16.8 Å². The lowest BCUT2D eigenvalue weighted by Crippen LogP contribution is -2.08. The van der Waals surface area contributed by atoms with Gasteiger partial charge in [0, 0.05) is 6.54 Å². The number of benzene rings is 1. The first kappa shape index (κ1) is 13.6. The van der Waals surface area contributed by atoms with Gasteiger partial charge in [-0.2, -0.15) is 0 Å². The molecule has 21 heavy (non-hydrogen) atoms. The van der Waals surface area contributed by atoms with Crippen LogP contribution in [0.15, 0.2) is 30.6 Å². The van der Waals surface area contributed by atoms with Crippen LogP contribution in [0.3, 0.4) is 0 Å². The summed E-state index contributed by atoms with van der Waals surface area (Å²) >= 11 is 1.57. The molecule has 0 aliphatic carbocycles. The third kappa shape index (κ3) is 2.87. The minimum absolute atomic E-state index is 0.505. The van der Waals surface area contributed by atoms with Crippen LogP contribution in [0.4, 0.5) is 22.5 Å². The predicted octanol–water partition coefficient (Wildman–Crippen LogP) is 3.23. The monoisotopic (exact) mass is 300 g/mol. The van der Waals surface area contributed by atoms with Crippen LogP contribution in [0.25, 0.3) is 10.2 Å². The van der Waals surface area contributed by atoms with Gasteiger partial charge in [0.1, 0.15) is 12.0 Å². The molecular weight excluding hydrogens is 284 g/mol. The highest BCUT2D eigenvalue weighted by molar-refractivity contribution is 7.22. The van der Waals surface area contributed by atoms with Gasteiger partial charge in [-0.3, -0.25) is 0 Å². The van der Waals surface area contributed by atoms with E-state index in [9.17, 15) is 0 Å². The third-order valence-corrected chi connectivity index (χ3v) is 3.90. The van der Waals surface area contributed by atoms with E-state index < -0.39 is 0 Å². The summed E-state index contributed by atoms with van der Waals surface area (Å²) in [6.45, 7) is 2.91. The number of nitrogens with two attached hydrogens (primary N) is 1. The van der Waals surface area contributed by atoms with E-state index >= 15 is 0 Å². The zero-order chi connectivity index (χ0) is 14.7. The number of anilines is 4. The topological polar surface area (TPSA) is 88.8 Å². The van der Waals surface area contributed by atoms with Crippen LogP contribution < -0.4 is 16.4 Å². The van der Waals surface area contributed by atoms with Gasteiger partial charge in [0.2, 0.25) is 0 Å². The van der Waals surface area contributed by atoms with Crippen LogP contribution in [0.5, 0.6) is 0 Å². The molecule has 0 atom stereocenters. The van der Waals surface area contributed by atoms with Crippen LogP contribution in [0.1, 0.15) is 13.3 Å². The average molecular weight is 300 g/mol. The minimum atomic E-state index is 0.505. The van der Waals surface area contributed by atoms with Crippen molar-refractivity contribution in [2.75, 3.05) is 22.9 Å². The van der Waals surface area contributed by atoms with Crippen molar-refractivity contribution in [2.45, 2.75) is 13.3 Å². The van der Waals surface area contributed by atoms with E-state index in [1.54, 1.807) is 11.3 Å². The Morgan fingerprint density at radius 1 is 1.19 bits per heavy atom. The van der Waals surface area contributed by atoms with Gasteiger partial charge in [-0.1, -0.05) is 30.4 Å². The van der Waals surface area contributed by atoms with Gasteiger partial charge in [-0.25, -0.2) is 15.0 Å². The predicted molar refractivity (Wildman–Crippen MR) is 88.1 cm³/mol. The normalized spacial score (nSPS) is 10.7. The fourth-order valence-corrected chi connectivity index (χ4v) is 2.77. The van der Waals surface area contributed by atoms with Crippen LogP contribution in [0.2, 0.25) is 0 Å². The van der Waals surface area contributed by atoms with Gasteiger partial charge in [0.25, 0.3) is 0 Å². The number of hydrogen-bond acceptors (Lipinski definition) is 7. The molecular formula is C14H16N6S. The van der Waals surface area contributed by atoms with E-state index in [1.165, 1.54) is 6.33 Å². The molecule has 0 unspecified atom stereocenters. The van der Waals surface area contributed by atoms with E-state index in [-0.39, 0.29) is 0 Å². The molecule has 3 rings (SSSR count). The second-order valence-corrected chi connectivity index (χ2v) is 5.55. The summed E-state index contributed by atoms with van der Waals surface area (Å²) < 4.78 is 1.12. The molecule has 0 amide bonds. The summed E-state index contributed by atoms with van der Waals surface area (Å²) in [5.74, 6) is 1.22. The van der Waals surface area contributed by atoms with E-state index in [0.717, 1.165) is 28.3 Å². The maximum atomic E-state index is 6.09. The summed E-state index contributed by atoms with van der Waals surface area (Å²) in [5, 5.41) is 7.12. The van der Waals surface area contributed by atoms with Gasteiger partial charge < -0.3 is 16.4 Å². The highest BCUT2D eigenvalue weighted by atomic mass is 32.1. The number of rotatable bonds is 5. The van der Waals surface area contributed by atoms with Crippen LogP contribution in [-0.2, 0) is 0 Å². The quantitative estimate of drug-likeness (QED) is 0.670. The molecule has 3 aromatic rings. The fourth-order valence-electron chi connectivity index (χ4n) is 1.91. The maximum absolute atomic E-state index is 6.09. The van der Waals surface area contributed by atoms with Crippen molar-refractivity contribution in [3.8, 4) is 0 Å². The number of nitrogens with one attached hydrogen (secondary N) is 2. The Morgan fingerprint density at radius 2 is 2.00 bits per heavy atom. The van der Waals surface area contributed by atoms with Gasteiger partial charge >= 0.3 is 0 Å². The second kappa shape index (κ2) is 5.92. The van der Waals surface area contributed by atoms with Crippen LogP contribution in [0, 0.1) is 0 Å². The molecule has 0 saturated heterocycles. The van der Waals surface area contributed by atoms with Crippen molar-refractivity contribution >= 4 is 44.0 Å². The molecule has 2 aromatic heterocycles. The molecule has 0 aliphatic rings. The number of thiazole rings is 1. The summed E-state index contributed by atoms with van der Waals surface area (Å²) in [6.07, 6.45) is 2.49. The largest absolute Gasteiger partial charge is 0.393 e. The van der Waals surface area contributed by atoms with Crippen LogP contribution in [-0.4, -0.2) is 21.5 Å². The summed E-state index contributed by atoms with van der Waals surface area (Å²) in [4.78, 5) is 12.9.